The van der Waals surface area contributed by atoms with Gasteiger partial charge in [-0.1, -0.05) is 67.9 Å². The van der Waals surface area contributed by atoms with E-state index in [9.17, 15) is 4.79 Å². The van der Waals surface area contributed by atoms with Crippen molar-refractivity contribution in [2.75, 3.05) is 0 Å². The topological polar surface area (TPSA) is 17.1 Å². The minimum Gasteiger partial charge on any atom is -0.303 e. The second kappa shape index (κ2) is 6.71. The molecule has 0 saturated heterocycles. The number of hydrogen-bond acceptors (Lipinski definition) is 1. The highest BCUT2D eigenvalue weighted by Crippen LogP contribution is 2.26. The van der Waals surface area contributed by atoms with E-state index < -0.39 is 0 Å². The molecule has 0 heterocycles. The Hall–Kier alpha value is -1.60. The van der Waals surface area contributed by atoms with Crippen LogP contribution in [-0.4, -0.2) is 6.29 Å². The van der Waals surface area contributed by atoms with Gasteiger partial charge in [-0.3, -0.25) is 0 Å². The Kier molecular flexibility index (Phi) is 4.97. The maximum atomic E-state index is 11.4. The van der Waals surface area contributed by atoms with Crippen LogP contribution in [0.2, 0.25) is 5.02 Å². The van der Waals surface area contributed by atoms with E-state index in [1.165, 1.54) is 5.56 Å². The number of halogens is 1. The summed E-state index contributed by atoms with van der Waals surface area (Å²) in [5, 5.41) is 0.656. The van der Waals surface area contributed by atoms with Gasteiger partial charge in [-0.15, -0.1) is 0 Å². The molecule has 0 radical (unpaired) electrons. The average Bonchev–Trinajstić information content (AvgIpc) is 2.46. The quantitative estimate of drug-likeness (QED) is 0.708. The second-order valence-corrected chi connectivity index (χ2v) is 5.77. The molecule has 0 bridgehead atoms. The summed E-state index contributed by atoms with van der Waals surface area (Å²) in [6.07, 6.45) is 1.67. The molecule has 1 unspecified atom stereocenters. The first-order chi connectivity index (χ1) is 9.61. The maximum absolute atomic E-state index is 11.4. The normalized spacial score (nSPS) is 12.4. The molecule has 2 aromatic carbocycles. The Bertz CT molecular complexity index is 572. The van der Waals surface area contributed by atoms with Crippen molar-refractivity contribution in [1.29, 1.82) is 0 Å². The Morgan fingerprint density at radius 1 is 1.05 bits per heavy atom. The van der Waals surface area contributed by atoms with Crippen LogP contribution in [0.5, 0.6) is 0 Å². The highest BCUT2D eigenvalue weighted by molar-refractivity contribution is 6.31. The molecule has 0 aliphatic rings. The van der Waals surface area contributed by atoms with E-state index in [1.807, 2.05) is 24.3 Å². The number of rotatable bonds is 5. The first-order valence-corrected chi connectivity index (χ1v) is 7.28. The highest BCUT2D eigenvalue weighted by atomic mass is 35.5. The minimum absolute atomic E-state index is 0.186. The summed E-state index contributed by atoms with van der Waals surface area (Å²) in [5.74, 6) is 0.336. The third-order valence-electron chi connectivity index (χ3n) is 3.57. The van der Waals surface area contributed by atoms with Crippen molar-refractivity contribution in [1.82, 2.24) is 0 Å². The number of carbonyl (C=O) groups excluding carboxylic acids is 1. The summed E-state index contributed by atoms with van der Waals surface area (Å²) in [5.41, 5.74) is 3.37. The molecular weight excluding hydrogens is 268 g/mol. The molecule has 0 aromatic heterocycles. The predicted octanol–water partition coefficient (Wildman–Crippen LogP) is 4.99. The van der Waals surface area contributed by atoms with Gasteiger partial charge in [0.1, 0.15) is 6.29 Å². The van der Waals surface area contributed by atoms with E-state index in [0.29, 0.717) is 17.4 Å². The van der Waals surface area contributed by atoms with Gasteiger partial charge in [0.2, 0.25) is 0 Å². The molecule has 2 rings (SSSR count). The Morgan fingerprint density at radius 2 is 1.70 bits per heavy atom. The van der Waals surface area contributed by atoms with E-state index in [1.54, 1.807) is 0 Å². The summed E-state index contributed by atoms with van der Waals surface area (Å²) in [4.78, 5) is 11.4. The molecule has 0 saturated carbocycles. The van der Waals surface area contributed by atoms with E-state index in [2.05, 4.69) is 38.1 Å². The summed E-state index contributed by atoms with van der Waals surface area (Å²) >= 11 is 6.17. The molecule has 0 aliphatic heterocycles. The number of carbonyl (C=O) groups is 1. The Balaban J connectivity index is 2.18. The van der Waals surface area contributed by atoms with E-state index in [-0.39, 0.29) is 5.92 Å². The summed E-state index contributed by atoms with van der Waals surface area (Å²) in [7, 11) is 0. The monoisotopic (exact) mass is 286 g/mol. The van der Waals surface area contributed by atoms with E-state index in [4.69, 9.17) is 11.6 Å². The van der Waals surface area contributed by atoms with Gasteiger partial charge in [0.25, 0.3) is 0 Å². The first kappa shape index (κ1) is 14.8. The van der Waals surface area contributed by atoms with Crippen LogP contribution in [0.3, 0.4) is 0 Å². The average molecular weight is 287 g/mol. The summed E-state index contributed by atoms with van der Waals surface area (Å²) < 4.78 is 0. The van der Waals surface area contributed by atoms with Crippen LogP contribution in [0, 0.1) is 0 Å². The molecule has 1 atom stereocenters. The fourth-order valence-electron chi connectivity index (χ4n) is 2.30. The lowest BCUT2D eigenvalue weighted by Gasteiger charge is -2.13. The SMILES string of the molecule is CC(C)c1ccc(CC(C=O)c2ccccc2Cl)cc1. The zero-order valence-electron chi connectivity index (χ0n) is 11.8. The van der Waals surface area contributed by atoms with E-state index >= 15 is 0 Å². The van der Waals surface area contributed by atoms with Crippen molar-refractivity contribution in [2.45, 2.75) is 32.1 Å². The van der Waals surface area contributed by atoms with Gasteiger partial charge < -0.3 is 4.79 Å². The minimum atomic E-state index is -0.186. The molecule has 0 amide bonds. The van der Waals surface area contributed by atoms with Gasteiger partial charge >= 0.3 is 0 Å². The molecule has 2 heteroatoms. The van der Waals surface area contributed by atoms with Gasteiger partial charge in [-0.2, -0.15) is 0 Å². The lowest BCUT2D eigenvalue weighted by Crippen LogP contribution is -2.05. The predicted molar refractivity (Wildman–Crippen MR) is 84.5 cm³/mol. The van der Waals surface area contributed by atoms with Crippen LogP contribution < -0.4 is 0 Å². The van der Waals surface area contributed by atoms with Crippen LogP contribution in [-0.2, 0) is 11.2 Å². The van der Waals surface area contributed by atoms with Crippen LogP contribution in [0.25, 0.3) is 0 Å². The molecule has 0 aliphatic carbocycles. The van der Waals surface area contributed by atoms with E-state index in [0.717, 1.165) is 17.4 Å². The van der Waals surface area contributed by atoms with Crippen LogP contribution in [0.15, 0.2) is 48.5 Å². The molecule has 0 fully saturated rings. The Morgan fingerprint density at radius 3 is 2.25 bits per heavy atom. The summed E-state index contributed by atoms with van der Waals surface area (Å²) in [6, 6.07) is 16.0. The number of aldehydes is 1. The molecular formula is C18H19ClO. The van der Waals surface area contributed by atoms with Crippen LogP contribution >= 0.6 is 11.6 Å². The molecule has 1 nitrogen and oxygen atoms in total. The largest absolute Gasteiger partial charge is 0.303 e. The standard InChI is InChI=1S/C18H19ClO/c1-13(2)15-9-7-14(8-10-15)11-16(12-20)17-5-3-4-6-18(17)19/h3-10,12-13,16H,11H2,1-2H3. The zero-order chi connectivity index (χ0) is 14.5. The third kappa shape index (κ3) is 3.49. The van der Waals surface area contributed by atoms with Crippen molar-refractivity contribution in [2.24, 2.45) is 0 Å². The lowest BCUT2D eigenvalue weighted by atomic mass is 9.92. The van der Waals surface area contributed by atoms with Gasteiger partial charge in [0, 0.05) is 10.9 Å². The van der Waals surface area contributed by atoms with Crippen molar-refractivity contribution in [3.8, 4) is 0 Å². The van der Waals surface area contributed by atoms with Gasteiger partial charge in [0.05, 0.1) is 0 Å². The van der Waals surface area contributed by atoms with Crippen molar-refractivity contribution in [3.05, 3.63) is 70.2 Å². The Labute approximate surface area is 125 Å². The van der Waals surface area contributed by atoms with Crippen molar-refractivity contribution >= 4 is 17.9 Å². The van der Waals surface area contributed by atoms with Gasteiger partial charge in [-0.25, -0.2) is 0 Å². The van der Waals surface area contributed by atoms with Crippen LogP contribution in [0.4, 0.5) is 0 Å². The van der Waals surface area contributed by atoms with Gasteiger partial charge in [-0.05, 0) is 35.1 Å². The third-order valence-corrected chi connectivity index (χ3v) is 3.92. The number of benzene rings is 2. The molecule has 2 aromatic rings. The first-order valence-electron chi connectivity index (χ1n) is 6.90. The molecule has 0 N–H and O–H groups in total. The van der Waals surface area contributed by atoms with Crippen molar-refractivity contribution in [3.63, 3.8) is 0 Å². The smallest absolute Gasteiger partial charge is 0.127 e. The summed E-state index contributed by atoms with van der Waals surface area (Å²) in [6.45, 7) is 4.35. The number of hydrogen-bond donors (Lipinski definition) is 0. The van der Waals surface area contributed by atoms with Crippen LogP contribution in [0.1, 0.15) is 42.4 Å². The van der Waals surface area contributed by atoms with Crippen molar-refractivity contribution < 1.29 is 4.79 Å². The lowest BCUT2D eigenvalue weighted by molar-refractivity contribution is -0.109. The second-order valence-electron chi connectivity index (χ2n) is 5.36. The fourth-order valence-corrected chi connectivity index (χ4v) is 2.58. The fraction of sp³-hybridized carbons (Fsp3) is 0.278. The molecule has 104 valence electrons. The molecule has 0 spiro atoms. The highest BCUT2D eigenvalue weighted by Gasteiger charge is 2.14. The molecule has 20 heavy (non-hydrogen) atoms. The van der Waals surface area contributed by atoms with Gasteiger partial charge in [0.15, 0.2) is 0 Å². The maximum Gasteiger partial charge on any atom is 0.127 e. The zero-order valence-corrected chi connectivity index (χ0v) is 12.6.